The minimum Gasteiger partial charge on any atom is -0.384 e. The Bertz CT molecular complexity index is 127. The van der Waals surface area contributed by atoms with Crippen molar-refractivity contribution >= 4 is 0 Å². The fourth-order valence-corrected chi connectivity index (χ4v) is 2.29. The Hall–Kier alpha value is -0.0800. The highest BCUT2D eigenvalue weighted by molar-refractivity contribution is 4.78. The van der Waals surface area contributed by atoms with Gasteiger partial charge in [0, 0.05) is 13.7 Å². The van der Waals surface area contributed by atoms with Crippen LogP contribution in [0.1, 0.15) is 26.2 Å². The Morgan fingerprint density at radius 3 is 2.67 bits per heavy atom. The van der Waals surface area contributed by atoms with Crippen LogP contribution in [0.4, 0.5) is 0 Å². The molecule has 3 atom stereocenters. The van der Waals surface area contributed by atoms with Gasteiger partial charge in [0.15, 0.2) is 0 Å². The van der Waals surface area contributed by atoms with Crippen LogP contribution in [-0.2, 0) is 4.74 Å². The minimum atomic E-state index is 0.709. The van der Waals surface area contributed by atoms with Gasteiger partial charge in [0.2, 0.25) is 0 Å². The van der Waals surface area contributed by atoms with E-state index in [2.05, 4.69) is 6.92 Å². The SMILES string of the molecule is COCC1CC(C)CCC1CN. The van der Waals surface area contributed by atoms with Crippen molar-refractivity contribution in [3.05, 3.63) is 0 Å². The number of rotatable bonds is 3. The molecule has 0 aromatic rings. The maximum atomic E-state index is 5.71. The zero-order chi connectivity index (χ0) is 8.97. The molecular formula is C10H21NO. The average molecular weight is 171 g/mol. The molecule has 0 heterocycles. The van der Waals surface area contributed by atoms with Gasteiger partial charge in [0.05, 0.1) is 0 Å². The lowest BCUT2D eigenvalue weighted by Gasteiger charge is -2.33. The highest BCUT2D eigenvalue weighted by atomic mass is 16.5. The summed E-state index contributed by atoms with van der Waals surface area (Å²) in [6.45, 7) is 4.06. The van der Waals surface area contributed by atoms with Crippen molar-refractivity contribution in [3.8, 4) is 0 Å². The molecule has 1 saturated carbocycles. The quantitative estimate of drug-likeness (QED) is 0.700. The molecule has 12 heavy (non-hydrogen) atoms. The summed E-state index contributed by atoms with van der Waals surface area (Å²) in [6, 6.07) is 0. The third kappa shape index (κ3) is 2.46. The van der Waals surface area contributed by atoms with Gasteiger partial charge in [-0.2, -0.15) is 0 Å². The predicted molar refractivity (Wildman–Crippen MR) is 50.9 cm³/mol. The first-order chi connectivity index (χ1) is 5.77. The van der Waals surface area contributed by atoms with Crippen LogP contribution in [0, 0.1) is 17.8 Å². The topological polar surface area (TPSA) is 35.2 Å². The standard InChI is InChI=1S/C10H21NO/c1-8-3-4-9(6-11)10(5-8)7-12-2/h8-10H,3-7,11H2,1-2H3. The zero-order valence-electron chi connectivity index (χ0n) is 8.25. The monoisotopic (exact) mass is 171 g/mol. The second-order valence-electron chi connectivity index (χ2n) is 4.13. The van der Waals surface area contributed by atoms with Crippen molar-refractivity contribution in [1.82, 2.24) is 0 Å². The predicted octanol–water partition coefficient (Wildman–Crippen LogP) is 1.64. The van der Waals surface area contributed by atoms with E-state index >= 15 is 0 Å². The van der Waals surface area contributed by atoms with Crippen LogP contribution < -0.4 is 5.73 Å². The van der Waals surface area contributed by atoms with Gasteiger partial charge in [-0.05, 0) is 37.1 Å². The van der Waals surface area contributed by atoms with Crippen LogP contribution in [0.3, 0.4) is 0 Å². The highest BCUT2D eigenvalue weighted by Gasteiger charge is 2.27. The minimum absolute atomic E-state index is 0.709. The molecule has 0 aromatic carbocycles. The number of nitrogens with two attached hydrogens (primary N) is 1. The van der Waals surface area contributed by atoms with Crippen LogP contribution in [0.5, 0.6) is 0 Å². The van der Waals surface area contributed by atoms with Crippen molar-refractivity contribution in [2.24, 2.45) is 23.5 Å². The van der Waals surface area contributed by atoms with Gasteiger partial charge in [-0.15, -0.1) is 0 Å². The molecule has 1 fully saturated rings. The first-order valence-electron chi connectivity index (χ1n) is 4.97. The molecule has 3 unspecified atom stereocenters. The van der Waals surface area contributed by atoms with Gasteiger partial charge in [-0.3, -0.25) is 0 Å². The van der Waals surface area contributed by atoms with Crippen LogP contribution in [0.25, 0.3) is 0 Å². The lowest BCUT2D eigenvalue weighted by atomic mass is 9.75. The van der Waals surface area contributed by atoms with Gasteiger partial charge in [-0.25, -0.2) is 0 Å². The molecule has 0 aromatic heterocycles. The first kappa shape index (κ1) is 10.0. The molecule has 0 bridgehead atoms. The number of ether oxygens (including phenoxy) is 1. The second-order valence-corrected chi connectivity index (χ2v) is 4.13. The summed E-state index contributed by atoms with van der Waals surface area (Å²) < 4.78 is 5.21. The molecule has 0 amide bonds. The summed E-state index contributed by atoms with van der Waals surface area (Å²) in [4.78, 5) is 0. The van der Waals surface area contributed by atoms with E-state index in [9.17, 15) is 0 Å². The van der Waals surface area contributed by atoms with Crippen molar-refractivity contribution in [3.63, 3.8) is 0 Å². The number of methoxy groups -OCH3 is 1. The molecule has 0 aliphatic heterocycles. The summed E-state index contributed by atoms with van der Waals surface area (Å²) in [5.74, 6) is 2.29. The van der Waals surface area contributed by atoms with Crippen molar-refractivity contribution in [1.29, 1.82) is 0 Å². The van der Waals surface area contributed by atoms with Gasteiger partial charge >= 0.3 is 0 Å². The van der Waals surface area contributed by atoms with Crippen LogP contribution >= 0.6 is 0 Å². The molecule has 2 N–H and O–H groups in total. The Kier molecular flexibility index (Phi) is 4.02. The van der Waals surface area contributed by atoms with Crippen molar-refractivity contribution < 1.29 is 4.74 Å². The normalized spacial score (nSPS) is 36.8. The van der Waals surface area contributed by atoms with Crippen molar-refractivity contribution in [2.75, 3.05) is 20.3 Å². The lowest BCUT2D eigenvalue weighted by Crippen LogP contribution is -2.32. The molecule has 72 valence electrons. The van der Waals surface area contributed by atoms with Gasteiger partial charge in [0.25, 0.3) is 0 Å². The van der Waals surface area contributed by atoms with E-state index < -0.39 is 0 Å². The highest BCUT2D eigenvalue weighted by Crippen LogP contribution is 2.33. The summed E-state index contributed by atoms with van der Waals surface area (Å²) in [7, 11) is 1.78. The zero-order valence-corrected chi connectivity index (χ0v) is 8.25. The molecule has 2 heteroatoms. The molecule has 2 nitrogen and oxygen atoms in total. The smallest absolute Gasteiger partial charge is 0.0493 e. The maximum Gasteiger partial charge on any atom is 0.0493 e. The lowest BCUT2D eigenvalue weighted by molar-refractivity contribution is 0.0804. The fraction of sp³-hybridized carbons (Fsp3) is 1.00. The molecule has 1 rings (SSSR count). The van der Waals surface area contributed by atoms with E-state index in [0.717, 1.165) is 19.1 Å². The van der Waals surface area contributed by atoms with Crippen LogP contribution in [-0.4, -0.2) is 20.3 Å². The fourth-order valence-electron chi connectivity index (χ4n) is 2.29. The summed E-state index contributed by atoms with van der Waals surface area (Å²) in [5.41, 5.74) is 5.71. The summed E-state index contributed by atoms with van der Waals surface area (Å²) in [6.07, 6.45) is 3.95. The van der Waals surface area contributed by atoms with Crippen LogP contribution in [0.2, 0.25) is 0 Å². The van der Waals surface area contributed by atoms with Crippen molar-refractivity contribution in [2.45, 2.75) is 26.2 Å². The summed E-state index contributed by atoms with van der Waals surface area (Å²) in [5, 5.41) is 0. The Morgan fingerprint density at radius 1 is 1.33 bits per heavy atom. The number of hydrogen-bond acceptors (Lipinski definition) is 2. The molecule has 0 saturated heterocycles. The Balaban J connectivity index is 2.40. The average Bonchev–Trinajstić information content (AvgIpc) is 2.05. The third-order valence-electron chi connectivity index (χ3n) is 3.09. The molecule has 1 aliphatic carbocycles. The van der Waals surface area contributed by atoms with E-state index in [1.807, 2.05) is 0 Å². The van der Waals surface area contributed by atoms with E-state index in [1.54, 1.807) is 7.11 Å². The maximum absolute atomic E-state index is 5.71. The molecular weight excluding hydrogens is 150 g/mol. The van der Waals surface area contributed by atoms with Gasteiger partial charge in [0.1, 0.15) is 0 Å². The Morgan fingerprint density at radius 2 is 2.08 bits per heavy atom. The number of hydrogen-bond donors (Lipinski definition) is 1. The summed E-state index contributed by atoms with van der Waals surface area (Å²) >= 11 is 0. The van der Waals surface area contributed by atoms with Gasteiger partial charge < -0.3 is 10.5 Å². The third-order valence-corrected chi connectivity index (χ3v) is 3.09. The Labute approximate surface area is 75.5 Å². The van der Waals surface area contributed by atoms with Gasteiger partial charge in [-0.1, -0.05) is 13.3 Å². The first-order valence-corrected chi connectivity index (χ1v) is 4.97. The van der Waals surface area contributed by atoms with E-state index in [-0.39, 0.29) is 0 Å². The van der Waals surface area contributed by atoms with E-state index in [1.165, 1.54) is 19.3 Å². The van der Waals surface area contributed by atoms with E-state index in [4.69, 9.17) is 10.5 Å². The molecule has 0 spiro atoms. The largest absolute Gasteiger partial charge is 0.384 e. The van der Waals surface area contributed by atoms with E-state index in [0.29, 0.717) is 11.8 Å². The molecule has 1 aliphatic rings. The van der Waals surface area contributed by atoms with Crippen LogP contribution in [0.15, 0.2) is 0 Å². The molecule has 0 radical (unpaired) electrons. The second kappa shape index (κ2) is 4.83.